The van der Waals surface area contributed by atoms with Crippen molar-refractivity contribution in [1.82, 2.24) is 14.5 Å². The zero-order valence-corrected chi connectivity index (χ0v) is 15.2. The van der Waals surface area contributed by atoms with Gasteiger partial charge in [-0.2, -0.15) is 0 Å². The molecule has 0 saturated carbocycles. The number of para-hydroxylation sites is 2. The maximum absolute atomic E-state index is 12.5. The zero-order chi connectivity index (χ0) is 19.0. The number of carbonyl (C=O) groups excluding carboxylic acids is 1. The van der Waals surface area contributed by atoms with Gasteiger partial charge in [-0.1, -0.05) is 32.0 Å². The first-order valence-corrected chi connectivity index (χ1v) is 8.88. The molecule has 0 saturated heterocycles. The Morgan fingerprint density at radius 3 is 2.81 bits per heavy atom. The average molecular weight is 360 g/mol. The van der Waals surface area contributed by atoms with Crippen molar-refractivity contribution < 1.29 is 4.79 Å². The number of pyridine rings is 1. The molecule has 0 bridgehead atoms. The van der Waals surface area contributed by atoms with Crippen LogP contribution in [0.4, 0.5) is 5.69 Å². The molecule has 0 aliphatic rings. The Morgan fingerprint density at radius 1 is 1.19 bits per heavy atom. The molecule has 4 rings (SSSR count). The van der Waals surface area contributed by atoms with E-state index in [0.717, 1.165) is 27.5 Å². The van der Waals surface area contributed by atoms with Gasteiger partial charge >= 0.3 is 0 Å². The third-order valence-electron chi connectivity index (χ3n) is 4.62. The van der Waals surface area contributed by atoms with Gasteiger partial charge in [0.05, 0.1) is 22.9 Å². The van der Waals surface area contributed by atoms with E-state index in [-0.39, 0.29) is 23.9 Å². The molecule has 2 aromatic carbocycles. The summed E-state index contributed by atoms with van der Waals surface area (Å²) < 4.78 is 1.81. The Hall–Kier alpha value is -3.41. The first kappa shape index (κ1) is 17.0. The van der Waals surface area contributed by atoms with Crippen molar-refractivity contribution in [3.8, 4) is 0 Å². The second-order valence-electron chi connectivity index (χ2n) is 6.91. The van der Waals surface area contributed by atoms with E-state index in [1.807, 2.05) is 41.0 Å². The number of imidazole rings is 1. The lowest BCUT2D eigenvalue weighted by atomic mass is 9.99. The average Bonchev–Trinajstić information content (AvgIpc) is 3.03. The third kappa shape index (κ3) is 3.33. The van der Waals surface area contributed by atoms with Crippen LogP contribution in [0.25, 0.3) is 21.9 Å². The molecule has 2 aromatic heterocycles. The number of aromatic nitrogens is 3. The summed E-state index contributed by atoms with van der Waals surface area (Å²) in [6, 6.07) is 14.9. The second kappa shape index (κ2) is 6.72. The minimum absolute atomic E-state index is 0.139. The van der Waals surface area contributed by atoms with Gasteiger partial charge in [-0.05, 0) is 35.7 Å². The molecular formula is C21H20N4O2. The van der Waals surface area contributed by atoms with Gasteiger partial charge in [0.1, 0.15) is 6.54 Å². The molecule has 0 spiro atoms. The van der Waals surface area contributed by atoms with Gasteiger partial charge in [-0.25, -0.2) is 4.98 Å². The molecule has 1 amide bonds. The molecular weight excluding hydrogens is 340 g/mol. The third-order valence-corrected chi connectivity index (χ3v) is 4.62. The predicted octanol–water partition coefficient (Wildman–Crippen LogP) is 3.64. The van der Waals surface area contributed by atoms with Gasteiger partial charge in [-0.15, -0.1) is 0 Å². The fraction of sp³-hybridized carbons (Fsp3) is 0.190. The van der Waals surface area contributed by atoms with E-state index in [4.69, 9.17) is 0 Å². The largest absolute Gasteiger partial charge is 0.324 e. The van der Waals surface area contributed by atoms with E-state index in [1.165, 1.54) is 0 Å². The predicted molar refractivity (Wildman–Crippen MR) is 107 cm³/mol. The van der Waals surface area contributed by atoms with Crippen LogP contribution < -0.4 is 10.9 Å². The highest BCUT2D eigenvalue weighted by Crippen LogP contribution is 2.25. The number of amides is 1. The molecule has 2 heterocycles. The molecule has 6 heteroatoms. The fourth-order valence-electron chi connectivity index (χ4n) is 3.33. The number of anilines is 1. The van der Waals surface area contributed by atoms with Crippen LogP contribution in [0.3, 0.4) is 0 Å². The van der Waals surface area contributed by atoms with E-state index < -0.39 is 0 Å². The molecule has 136 valence electrons. The summed E-state index contributed by atoms with van der Waals surface area (Å²) in [5.41, 5.74) is 3.99. The van der Waals surface area contributed by atoms with Gasteiger partial charge in [0.2, 0.25) is 11.5 Å². The number of hydrogen-bond donors (Lipinski definition) is 2. The number of carbonyl (C=O) groups is 1. The Labute approximate surface area is 155 Å². The number of aromatic amines is 1. The number of rotatable bonds is 4. The van der Waals surface area contributed by atoms with Crippen molar-refractivity contribution in [2.24, 2.45) is 0 Å². The molecule has 0 aliphatic heterocycles. The molecule has 0 radical (unpaired) electrons. The Kier molecular flexibility index (Phi) is 4.24. The SMILES string of the molecule is CC(C)c1cc(=O)[nH]c2cc(NC(=O)Cn3cnc4ccccc43)ccc12. The summed E-state index contributed by atoms with van der Waals surface area (Å²) in [4.78, 5) is 31.5. The number of hydrogen-bond acceptors (Lipinski definition) is 3. The van der Waals surface area contributed by atoms with Gasteiger partial charge in [0, 0.05) is 17.1 Å². The topological polar surface area (TPSA) is 79.8 Å². The summed E-state index contributed by atoms with van der Waals surface area (Å²) in [6.07, 6.45) is 1.66. The van der Waals surface area contributed by atoms with Crippen LogP contribution in [0.15, 0.2) is 59.7 Å². The van der Waals surface area contributed by atoms with E-state index in [2.05, 4.69) is 29.1 Å². The van der Waals surface area contributed by atoms with E-state index in [1.54, 1.807) is 18.5 Å². The first-order chi connectivity index (χ1) is 13.0. The number of nitrogens with zero attached hydrogens (tertiary/aromatic N) is 2. The van der Waals surface area contributed by atoms with Crippen LogP contribution in [0.2, 0.25) is 0 Å². The van der Waals surface area contributed by atoms with Crippen molar-refractivity contribution in [1.29, 1.82) is 0 Å². The smallest absolute Gasteiger partial charge is 0.248 e. The lowest BCUT2D eigenvalue weighted by Gasteiger charge is -2.11. The van der Waals surface area contributed by atoms with Crippen LogP contribution >= 0.6 is 0 Å². The van der Waals surface area contributed by atoms with Crippen molar-refractivity contribution in [3.05, 3.63) is 70.8 Å². The monoisotopic (exact) mass is 360 g/mol. The Balaban J connectivity index is 1.59. The summed E-state index contributed by atoms with van der Waals surface area (Å²) in [7, 11) is 0. The molecule has 0 fully saturated rings. The van der Waals surface area contributed by atoms with Crippen molar-refractivity contribution in [3.63, 3.8) is 0 Å². The van der Waals surface area contributed by atoms with Crippen LogP contribution in [0.1, 0.15) is 25.3 Å². The summed E-state index contributed by atoms with van der Waals surface area (Å²) in [6.45, 7) is 4.28. The normalized spacial score (nSPS) is 11.4. The molecule has 2 N–H and O–H groups in total. The van der Waals surface area contributed by atoms with Crippen LogP contribution in [-0.4, -0.2) is 20.4 Å². The maximum Gasteiger partial charge on any atom is 0.248 e. The zero-order valence-electron chi connectivity index (χ0n) is 15.2. The lowest BCUT2D eigenvalue weighted by Crippen LogP contribution is -2.18. The van der Waals surface area contributed by atoms with E-state index in [9.17, 15) is 9.59 Å². The lowest BCUT2D eigenvalue weighted by molar-refractivity contribution is -0.116. The van der Waals surface area contributed by atoms with Gasteiger partial charge < -0.3 is 14.9 Å². The highest BCUT2D eigenvalue weighted by molar-refractivity contribution is 5.94. The molecule has 0 unspecified atom stereocenters. The second-order valence-corrected chi connectivity index (χ2v) is 6.91. The molecule has 27 heavy (non-hydrogen) atoms. The number of nitrogens with one attached hydrogen (secondary N) is 2. The molecule has 4 aromatic rings. The van der Waals surface area contributed by atoms with Crippen molar-refractivity contribution in [2.75, 3.05) is 5.32 Å². The minimum Gasteiger partial charge on any atom is -0.324 e. The summed E-state index contributed by atoms with van der Waals surface area (Å²) >= 11 is 0. The number of H-pyrrole nitrogens is 1. The van der Waals surface area contributed by atoms with Crippen molar-refractivity contribution in [2.45, 2.75) is 26.3 Å². The summed E-state index contributed by atoms with van der Waals surface area (Å²) in [5.74, 6) is 0.0876. The summed E-state index contributed by atoms with van der Waals surface area (Å²) in [5, 5.41) is 3.88. The minimum atomic E-state index is -0.153. The Bertz CT molecular complexity index is 1200. The highest BCUT2D eigenvalue weighted by Gasteiger charge is 2.10. The maximum atomic E-state index is 12.5. The first-order valence-electron chi connectivity index (χ1n) is 8.88. The fourth-order valence-corrected chi connectivity index (χ4v) is 3.33. The van der Waals surface area contributed by atoms with Crippen LogP contribution in [0, 0.1) is 0 Å². The van der Waals surface area contributed by atoms with Crippen LogP contribution in [-0.2, 0) is 11.3 Å². The van der Waals surface area contributed by atoms with Gasteiger partial charge in [-0.3, -0.25) is 9.59 Å². The quantitative estimate of drug-likeness (QED) is 0.583. The standard InChI is InChI=1S/C21H20N4O2/c1-13(2)16-10-20(26)24-18-9-14(7-8-15(16)18)23-21(27)11-25-12-22-17-5-3-4-6-19(17)25/h3-10,12-13H,11H2,1-2H3,(H,23,27)(H,24,26). The van der Waals surface area contributed by atoms with Crippen LogP contribution in [0.5, 0.6) is 0 Å². The molecule has 0 aliphatic carbocycles. The Morgan fingerprint density at radius 2 is 2.00 bits per heavy atom. The molecule has 0 atom stereocenters. The molecule has 6 nitrogen and oxygen atoms in total. The van der Waals surface area contributed by atoms with E-state index in [0.29, 0.717) is 5.69 Å². The van der Waals surface area contributed by atoms with Gasteiger partial charge in [0.25, 0.3) is 0 Å². The highest BCUT2D eigenvalue weighted by atomic mass is 16.2. The van der Waals surface area contributed by atoms with E-state index >= 15 is 0 Å². The van der Waals surface area contributed by atoms with Crippen molar-refractivity contribution >= 4 is 33.5 Å². The number of fused-ring (bicyclic) bond motifs is 2. The number of benzene rings is 2. The van der Waals surface area contributed by atoms with Gasteiger partial charge in [0.15, 0.2) is 0 Å².